The normalized spacial score (nSPS) is 18.2. The molecule has 0 aliphatic carbocycles. The van der Waals surface area contributed by atoms with E-state index in [-0.39, 0.29) is 0 Å². The van der Waals surface area contributed by atoms with Crippen LogP contribution in [0.4, 0.5) is 0 Å². The van der Waals surface area contributed by atoms with E-state index in [0.717, 1.165) is 48.8 Å². The van der Waals surface area contributed by atoms with Gasteiger partial charge in [0.1, 0.15) is 0 Å². The molecule has 2 nitrogen and oxygen atoms in total. The van der Waals surface area contributed by atoms with E-state index in [1.807, 2.05) is 12.1 Å². The quantitative estimate of drug-likeness (QED) is 0.819. The lowest BCUT2D eigenvalue weighted by Gasteiger charge is -2.35. The van der Waals surface area contributed by atoms with E-state index < -0.39 is 0 Å². The van der Waals surface area contributed by atoms with Crippen molar-refractivity contribution in [3.63, 3.8) is 0 Å². The van der Waals surface area contributed by atoms with Crippen molar-refractivity contribution in [1.29, 1.82) is 0 Å². The molecule has 0 aromatic heterocycles. The summed E-state index contributed by atoms with van der Waals surface area (Å²) in [5.74, 6) is 1.49. The molecule has 0 bridgehead atoms. The number of rotatable bonds is 4. The van der Waals surface area contributed by atoms with Gasteiger partial charge in [0.05, 0.1) is 0 Å². The van der Waals surface area contributed by atoms with Crippen LogP contribution in [0.1, 0.15) is 19.4 Å². The number of piperazine rings is 1. The predicted molar refractivity (Wildman–Crippen MR) is 85.5 cm³/mol. The number of halogens is 2. The summed E-state index contributed by atoms with van der Waals surface area (Å²) in [6.07, 6.45) is 0. The third-order valence-electron chi connectivity index (χ3n) is 3.41. The van der Waals surface area contributed by atoms with Gasteiger partial charge in [0, 0.05) is 48.8 Å². The Bertz CT molecular complexity index is 415. The Hall–Kier alpha value is -0.0900. The highest BCUT2D eigenvalue weighted by Crippen LogP contribution is 2.23. The van der Waals surface area contributed by atoms with Crippen molar-refractivity contribution in [2.45, 2.75) is 20.4 Å². The van der Waals surface area contributed by atoms with Crippen molar-refractivity contribution >= 4 is 27.5 Å². The molecule has 105 valence electrons. The molecule has 1 aliphatic rings. The third-order valence-corrected chi connectivity index (χ3v) is 4.39. The second-order valence-electron chi connectivity index (χ2n) is 5.50. The van der Waals surface area contributed by atoms with Gasteiger partial charge in [0.2, 0.25) is 0 Å². The highest BCUT2D eigenvalue weighted by atomic mass is 79.9. The number of hydrogen-bond acceptors (Lipinski definition) is 2. The van der Waals surface area contributed by atoms with Crippen molar-refractivity contribution in [3.8, 4) is 0 Å². The highest BCUT2D eigenvalue weighted by Gasteiger charge is 2.18. The van der Waals surface area contributed by atoms with Gasteiger partial charge in [-0.3, -0.25) is 4.90 Å². The van der Waals surface area contributed by atoms with E-state index in [4.69, 9.17) is 11.6 Å². The summed E-state index contributed by atoms with van der Waals surface area (Å²) < 4.78 is 1.11. The van der Waals surface area contributed by atoms with Crippen LogP contribution in [0.3, 0.4) is 0 Å². The van der Waals surface area contributed by atoms with Gasteiger partial charge in [-0.05, 0) is 23.6 Å². The van der Waals surface area contributed by atoms with E-state index in [9.17, 15) is 0 Å². The average molecular weight is 345 g/mol. The monoisotopic (exact) mass is 343 g/mol. The Kier molecular flexibility index (Phi) is 5.70. The SMILES string of the molecule is C[C](C)CN1CCN(Cc2ccc(Cl)cc2Br)CC1. The van der Waals surface area contributed by atoms with Crippen molar-refractivity contribution in [3.05, 3.63) is 39.2 Å². The zero-order valence-electron chi connectivity index (χ0n) is 11.6. The number of hydrogen-bond donors (Lipinski definition) is 0. The second-order valence-corrected chi connectivity index (χ2v) is 6.79. The van der Waals surface area contributed by atoms with Crippen LogP contribution >= 0.6 is 27.5 Å². The first kappa shape index (κ1) is 15.3. The summed E-state index contributed by atoms with van der Waals surface area (Å²) >= 11 is 9.57. The molecular weight excluding hydrogens is 324 g/mol. The van der Waals surface area contributed by atoms with Crippen LogP contribution in [0.2, 0.25) is 5.02 Å². The fourth-order valence-corrected chi connectivity index (χ4v) is 3.25. The van der Waals surface area contributed by atoms with Crippen LogP contribution in [-0.2, 0) is 6.54 Å². The molecule has 1 aromatic carbocycles. The van der Waals surface area contributed by atoms with Crippen LogP contribution in [0.15, 0.2) is 22.7 Å². The molecule has 4 heteroatoms. The molecule has 1 saturated heterocycles. The summed E-state index contributed by atoms with van der Waals surface area (Å²) in [5.41, 5.74) is 1.32. The second kappa shape index (κ2) is 7.07. The molecule has 0 saturated carbocycles. The van der Waals surface area contributed by atoms with E-state index in [0.29, 0.717) is 0 Å². The van der Waals surface area contributed by atoms with Crippen molar-refractivity contribution in [2.75, 3.05) is 32.7 Å². The maximum Gasteiger partial charge on any atom is 0.0417 e. The van der Waals surface area contributed by atoms with Gasteiger partial charge in [-0.1, -0.05) is 47.4 Å². The molecule has 0 N–H and O–H groups in total. The van der Waals surface area contributed by atoms with E-state index in [1.165, 1.54) is 11.5 Å². The van der Waals surface area contributed by atoms with Crippen molar-refractivity contribution in [1.82, 2.24) is 9.80 Å². The largest absolute Gasteiger partial charge is 0.300 e. The van der Waals surface area contributed by atoms with Gasteiger partial charge in [-0.2, -0.15) is 0 Å². The van der Waals surface area contributed by atoms with Crippen LogP contribution in [0, 0.1) is 5.92 Å². The minimum absolute atomic E-state index is 0.786. The number of benzene rings is 1. The van der Waals surface area contributed by atoms with Gasteiger partial charge >= 0.3 is 0 Å². The topological polar surface area (TPSA) is 6.48 Å². The average Bonchev–Trinajstić information content (AvgIpc) is 2.34. The molecule has 0 unspecified atom stereocenters. The fourth-order valence-electron chi connectivity index (χ4n) is 2.44. The Morgan fingerprint density at radius 1 is 1.16 bits per heavy atom. The Labute approximate surface area is 129 Å². The molecule has 1 aliphatic heterocycles. The first-order valence-electron chi connectivity index (χ1n) is 6.72. The van der Waals surface area contributed by atoms with Gasteiger partial charge in [-0.25, -0.2) is 0 Å². The molecule has 1 fully saturated rings. The third kappa shape index (κ3) is 4.75. The molecule has 2 rings (SSSR count). The zero-order valence-corrected chi connectivity index (χ0v) is 14.0. The Morgan fingerprint density at radius 3 is 2.37 bits per heavy atom. The smallest absolute Gasteiger partial charge is 0.0417 e. The summed E-state index contributed by atoms with van der Waals surface area (Å²) in [7, 11) is 0. The first-order valence-corrected chi connectivity index (χ1v) is 7.89. The fraction of sp³-hybridized carbons (Fsp3) is 0.533. The van der Waals surface area contributed by atoms with Crippen LogP contribution in [-0.4, -0.2) is 42.5 Å². The summed E-state index contributed by atoms with van der Waals surface area (Å²) in [6, 6.07) is 6.05. The molecule has 19 heavy (non-hydrogen) atoms. The molecular formula is C15H21BrClN2. The molecule has 0 spiro atoms. The Balaban J connectivity index is 1.85. The number of nitrogens with zero attached hydrogens (tertiary/aromatic N) is 2. The summed E-state index contributed by atoms with van der Waals surface area (Å²) in [6.45, 7) is 11.2. The molecule has 1 heterocycles. The van der Waals surface area contributed by atoms with Gasteiger partial charge in [0.15, 0.2) is 0 Å². The summed E-state index contributed by atoms with van der Waals surface area (Å²) in [4.78, 5) is 5.04. The standard InChI is InChI=1S/C15H21BrClN2/c1-12(2)10-18-5-7-19(8-6-18)11-13-3-4-14(17)9-15(13)16/h3-4,9H,5-8,10-11H2,1-2H3. The van der Waals surface area contributed by atoms with Crippen molar-refractivity contribution < 1.29 is 0 Å². The highest BCUT2D eigenvalue weighted by molar-refractivity contribution is 9.10. The minimum atomic E-state index is 0.786. The van der Waals surface area contributed by atoms with Gasteiger partial charge in [-0.15, -0.1) is 0 Å². The van der Waals surface area contributed by atoms with E-state index >= 15 is 0 Å². The molecule has 0 amide bonds. The summed E-state index contributed by atoms with van der Waals surface area (Å²) in [5, 5.41) is 0.786. The molecule has 0 atom stereocenters. The Morgan fingerprint density at radius 2 is 1.79 bits per heavy atom. The first-order chi connectivity index (χ1) is 9.04. The minimum Gasteiger partial charge on any atom is -0.300 e. The zero-order chi connectivity index (χ0) is 13.8. The van der Waals surface area contributed by atoms with E-state index in [2.05, 4.69) is 45.6 Å². The molecule has 1 aromatic rings. The van der Waals surface area contributed by atoms with Crippen molar-refractivity contribution in [2.24, 2.45) is 0 Å². The lowest BCUT2D eigenvalue weighted by atomic mass is 10.1. The molecule has 1 radical (unpaired) electrons. The maximum atomic E-state index is 5.97. The van der Waals surface area contributed by atoms with Crippen LogP contribution < -0.4 is 0 Å². The maximum absolute atomic E-state index is 5.97. The van der Waals surface area contributed by atoms with Gasteiger partial charge in [0.25, 0.3) is 0 Å². The van der Waals surface area contributed by atoms with E-state index in [1.54, 1.807) is 0 Å². The van der Waals surface area contributed by atoms with Crippen LogP contribution in [0.25, 0.3) is 0 Å². The predicted octanol–water partition coefficient (Wildman–Crippen LogP) is 3.83. The van der Waals surface area contributed by atoms with Gasteiger partial charge < -0.3 is 4.90 Å². The van der Waals surface area contributed by atoms with Crippen LogP contribution in [0.5, 0.6) is 0 Å². The lowest BCUT2D eigenvalue weighted by Crippen LogP contribution is -2.46. The lowest BCUT2D eigenvalue weighted by molar-refractivity contribution is 0.131.